The summed E-state index contributed by atoms with van der Waals surface area (Å²) in [6, 6.07) is 29.1. The van der Waals surface area contributed by atoms with E-state index in [-0.39, 0.29) is 13.0 Å². The second-order valence-corrected chi connectivity index (χ2v) is 13.4. The van der Waals surface area contributed by atoms with Crippen LogP contribution in [0.3, 0.4) is 0 Å². The number of anilines is 2. The summed E-state index contributed by atoms with van der Waals surface area (Å²) < 4.78 is 12.4. The van der Waals surface area contributed by atoms with Crippen LogP contribution in [0, 0.1) is 0 Å². The third-order valence-corrected chi connectivity index (χ3v) is 7.23. The topological polar surface area (TPSA) is 136 Å². The molecule has 0 aliphatic heterocycles. The van der Waals surface area contributed by atoms with Gasteiger partial charge in [0.05, 0.1) is 6.20 Å². The van der Waals surface area contributed by atoms with Crippen molar-refractivity contribution < 1.29 is 23.9 Å². The highest BCUT2D eigenvalue weighted by Gasteiger charge is 2.38. The molecule has 3 aromatic carbocycles. The first-order valence-corrected chi connectivity index (χ1v) is 15.9. The molecule has 1 aromatic heterocycles. The molecule has 254 valence electrons. The maximum Gasteiger partial charge on any atom is 0.408 e. The highest BCUT2D eigenvalue weighted by Crippen LogP contribution is 2.41. The molecule has 0 saturated carbocycles. The van der Waals surface area contributed by atoms with Crippen LogP contribution in [-0.4, -0.2) is 51.7 Å². The summed E-state index contributed by atoms with van der Waals surface area (Å²) >= 11 is 0. The summed E-state index contributed by atoms with van der Waals surface area (Å²) in [5.74, 6) is 0.00967. The second kappa shape index (κ2) is 15.1. The Balaban J connectivity index is 1.68. The van der Waals surface area contributed by atoms with E-state index in [1.807, 2.05) is 54.6 Å². The fourth-order valence-corrected chi connectivity index (χ4v) is 5.21. The van der Waals surface area contributed by atoms with E-state index >= 15 is 0 Å². The van der Waals surface area contributed by atoms with Gasteiger partial charge in [-0.15, -0.1) is 0 Å². The van der Waals surface area contributed by atoms with Crippen LogP contribution in [0.1, 0.15) is 64.7 Å². The van der Waals surface area contributed by atoms with Crippen molar-refractivity contribution in [3.05, 3.63) is 114 Å². The van der Waals surface area contributed by atoms with Gasteiger partial charge in [0.15, 0.2) is 0 Å². The van der Waals surface area contributed by atoms with Crippen LogP contribution in [0.15, 0.2) is 97.2 Å². The zero-order valence-corrected chi connectivity index (χ0v) is 28.7. The number of amides is 3. The van der Waals surface area contributed by atoms with Crippen molar-refractivity contribution in [2.45, 2.75) is 70.7 Å². The minimum atomic E-state index is -1.06. The van der Waals surface area contributed by atoms with Gasteiger partial charge in [-0.05, 0) is 64.7 Å². The SMILES string of the molecule is Cn1ncc(NC(=O)[C@H](CCNC(=O)OC(C)(C)C)NC(=O)OC(C)(C)C)c1NC(c1ccccc1)(c1ccccc1)c1ccccc1. The summed E-state index contributed by atoms with van der Waals surface area (Å²) in [7, 11) is 1.78. The monoisotopic (exact) mass is 654 g/mol. The third-order valence-electron chi connectivity index (χ3n) is 7.23. The molecule has 0 radical (unpaired) electrons. The fraction of sp³-hybridized carbons (Fsp3) is 0.351. The summed E-state index contributed by atoms with van der Waals surface area (Å²) in [5, 5.41) is 16.5. The summed E-state index contributed by atoms with van der Waals surface area (Å²) in [6.07, 6.45) is 0.225. The molecule has 4 aromatic rings. The molecule has 1 heterocycles. The van der Waals surface area contributed by atoms with Crippen molar-refractivity contribution in [3.63, 3.8) is 0 Å². The first-order valence-electron chi connectivity index (χ1n) is 15.9. The van der Waals surface area contributed by atoms with E-state index in [1.54, 1.807) is 59.5 Å². The minimum Gasteiger partial charge on any atom is -0.444 e. The van der Waals surface area contributed by atoms with Crippen LogP contribution in [0.4, 0.5) is 21.1 Å². The second-order valence-electron chi connectivity index (χ2n) is 13.4. The van der Waals surface area contributed by atoms with Crippen molar-refractivity contribution in [1.29, 1.82) is 0 Å². The number of hydrogen-bond acceptors (Lipinski definition) is 7. The summed E-state index contributed by atoms with van der Waals surface area (Å²) in [4.78, 5) is 38.9. The molecule has 4 rings (SSSR count). The van der Waals surface area contributed by atoms with Gasteiger partial charge in [0.25, 0.3) is 0 Å². The average Bonchev–Trinajstić information content (AvgIpc) is 3.36. The van der Waals surface area contributed by atoms with Crippen LogP contribution in [0.25, 0.3) is 0 Å². The van der Waals surface area contributed by atoms with Gasteiger partial charge in [-0.25, -0.2) is 9.59 Å². The van der Waals surface area contributed by atoms with Gasteiger partial charge in [0.2, 0.25) is 5.91 Å². The highest BCUT2D eigenvalue weighted by molar-refractivity contribution is 5.98. The summed E-state index contributed by atoms with van der Waals surface area (Å²) in [6.45, 7) is 10.5. The standard InChI is InChI=1S/C37H46N6O5/c1-35(2,3)47-33(45)38-24-23-29(41-34(46)48-36(4,5)6)32(44)40-30-25-39-43(7)31(30)42-37(26-17-11-8-12-18-26,27-19-13-9-14-20-27)28-21-15-10-16-22-28/h8-22,25,29,42H,23-24H2,1-7H3,(H,38,45)(H,40,44)(H,41,46)/t29-/m0/s1. The molecule has 3 amide bonds. The van der Waals surface area contributed by atoms with Gasteiger partial charge >= 0.3 is 12.2 Å². The zero-order valence-electron chi connectivity index (χ0n) is 28.7. The number of nitrogens with one attached hydrogen (secondary N) is 4. The van der Waals surface area contributed by atoms with Crippen LogP contribution in [0.2, 0.25) is 0 Å². The Hall–Kier alpha value is -5.32. The number of carbonyl (C=O) groups excluding carboxylic acids is 3. The number of rotatable bonds is 11. The van der Waals surface area contributed by atoms with Gasteiger partial charge < -0.3 is 30.7 Å². The number of ether oxygens (including phenoxy) is 2. The Morgan fingerprint density at radius 2 is 1.19 bits per heavy atom. The van der Waals surface area contributed by atoms with Gasteiger partial charge in [0.1, 0.15) is 34.3 Å². The zero-order chi connectivity index (χ0) is 35.0. The molecule has 0 fully saturated rings. The molecular weight excluding hydrogens is 608 g/mol. The highest BCUT2D eigenvalue weighted by atomic mass is 16.6. The van der Waals surface area contributed by atoms with Gasteiger partial charge in [-0.1, -0.05) is 91.0 Å². The maximum atomic E-state index is 13.9. The largest absolute Gasteiger partial charge is 0.444 e. The van der Waals surface area contributed by atoms with Crippen LogP contribution < -0.4 is 21.3 Å². The lowest BCUT2D eigenvalue weighted by molar-refractivity contribution is -0.118. The molecule has 11 nitrogen and oxygen atoms in total. The quantitative estimate of drug-likeness (QED) is 0.134. The smallest absolute Gasteiger partial charge is 0.408 e. The average molecular weight is 655 g/mol. The Morgan fingerprint density at radius 3 is 1.65 bits per heavy atom. The predicted octanol–water partition coefficient (Wildman–Crippen LogP) is 6.57. The van der Waals surface area contributed by atoms with E-state index in [4.69, 9.17) is 9.47 Å². The Labute approximate surface area is 282 Å². The number of hydrogen-bond donors (Lipinski definition) is 4. The molecule has 1 atom stereocenters. The lowest BCUT2D eigenvalue weighted by Gasteiger charge is -2.38. The van der Waals surface area contributed by atoms with Crippen molar-refractivity contribution >= 4 is 29.6 Å². The number of carbonyl (C=O) groups is 3. The first-order chi connectivity index (χ1) is 22.7. The van der Waals surface area contributed by atoms with Crippen molar-refractivity contribution in [2.24, 2.45) is 7.05 Å². The number of aromatic nitrogens is 2. The molecule has 0 unspecified atom stereocenters. The van der Waals surface area contributed by atoms with Gasteiger partial charge in [-0.2, -0.15) is 5.10 Å². The van der Waals surface area contributed by atoms with Crippen molar-refractivity contribution in [1.82, 2.24) is 20.4 Å². The van der Waals surface area contributed by atoms with E-state index in [1.165, 1.54) is 0 Å². The van der Waals surface area contributed by atoms with Crippen LogP contribution in [0.5, 0.6) is 0 Å². The van der Waals surface area contributed by atoms with Crippen molar-refractivity contribution in [3.8, 4) is 0 Å². The van der Waals surface area contributed by atoms with E-state index in [2.05, 4.69) is 62.8 Å². The minimum absolute atomic E-state index is 0.0556. The number of benzene rings is 3. The molecule has 4 N–H and O–H groups in total. The molecule has 0 aliphatic carbocycles. The van der Waals surface area contributed by atoms with E-state index in [0.29, 0.717) is 11.5 Å². The third kappa shape index (κ3) is 9.37. The molecule has 0 bridgehead atoms. The first kappa shape index (κ1) is 35.5. The Bertz CT molecular complexity index is 1560. The number of alkyl carbamates (subject to hydrolysis) is 2. The van der Waals surface area contributed by atoms with Gasteiger partial charge in [0, 0.05) is 13.6 Å². The van der Waals surface area contributed by atoms with Crippen LogP contribution in [-0.2, 0) is 26.9 Å². The lowest BCUT2D eigenvalue weighted by Crippen LogP contribution is -2.47. The van der Waals surface area contributed by atoms with E-state index < -0.39 is 40.9 Å². The number of aryl methyl sites for hydroxylation is 1. The Kier molecular flexibility index (Phi) is 11.1. The maximum absolute atomic E-state index is 13.9. The molecule has 0 spiro atoms. The normalized spacial score (nSPS) is 12.4. The molecule has 48 heavy (non-hydrogen) atoms. The van der Waals surface area contributed by atoms with E-state index in [9.17, 15) is 14.4 Å². The molecule has 0 saturated heterocycles. The summed E-state index contributed by atoms with van der Waals surface area (Å²) in [5.41, 5.74) is 0.952. The lowest BCUT2D eigenvalue weighted by atomic mass is 9.77. The predicted molar refractivity (Wildman–Crippen MR) is 187 cm³/mol. The Morgan fingerprint density at radius 1 is 0.729 bits per heavy atom. The van der Waals surface area contributed by atoms with Crippen molar-refractivity contribution in [2.75, 3.05) is 17.2 Å². The van der Waals surface area contributed by atoms with Crippen LogP contribution >= 0.6 is 0 Å². The molecule has 0 aliphatic rings. The molecular formula is C37H46N6O5. The van der Waals surface area contributed by atoms with E-state index in [0.717, 1.165) is 16.7 Å². The number of nitrogens with zero attached hydrogens (tertiary/aromatic N) is 2. The van der Waals surface area contributed by atoms with Gasteiger partial charge in [-0.3, -0.25) is 9.48 Å². The molecule has 11 heteroatoms. The fourth-order valence-electron chi connectivity index (χ4n) is 5.21.